The van der Waals surface area contributed by atoms with Crippen molar-refractivity contribution < 1.29 is 43.5 Å². The molecule has 0 aromatic carbocycles. The van der Waals surface area contributed by atoms with Crippen molar-refractivity contribution in [3.05, 3.63) is 12.3 Å². The van der Waals surface area contributed by atoms with Crippen LogP contribution in [0.5, 0.6) is 0 Å². The summed E-state index contributed by atoms with van der Waals surface area (Å²) >= 11 is 0. The van der Waals surface area contributed by atoms with Crippen LogP contribution in [0.2, 0.25) is 33.2 Å². The average molecular weight is 621 g/mol. The van der Waals surface area contributed by atoms with Gasteiger partial charge >= 0.3 is 0 Å². The number of rotatable bonds is 14. The van der Waals surface area contributed by atoms with Crippen LogP contribution < -0.4 is 0 Å². The van der Waals surface area contributed by atoms with E-state index < -0.39 is 65.7 Å². The minimum atomic E-state index is -2.28. The highest BCUT2D eigenvalue weighted by Crippen LogP contribution is 2.44. The maximum Gasteiger partial charge on any atom is 0.200 e. The molecule has 0 radical (unpaired) electrons. The largest absolute Gasteiger partial charge is 0.493 e. The van der Waals surface area contributed by atoms with Gasteiger partial charge in [0.2, 0.25) is 8.32 Å². The molecule has 0 aliphatic carbocycles. The van der Waals surface area contributed by atoms with Gasteiger partial charge in [-0.3, -0.25) is 0 Å². The normalized spacial score (nSPS) is 31.8. The van der Waals surface area contributed by atoms with Gasteiger partial charge in [0.15, 0.2) is 14.6 Å². The third kappa shape index (κ3) is 7.66. The van der Waals surface area contributed by atoms with Gasteiger partial charge in [0.05, 0.1) is 19.5 Å². The predicted molar refractivity (Wildman–Crippen MR) is 166 cm³/mol. The van der Waals surface area contributed by atoms with Crippen molar-refractivity contribution in [2.75, 3.05) is 13.2 Å². The molecule has 4 N–H and O–H groups in total. The van der Waals surface area contributed by atoms with E-state index in [1.807, 2.05) is 0 Å². The Morgan fingerprint density at radius 3 is 1.44 bits per heavy atom. The Balaban J connectivity index is 2.25. The molecular formula is C30H60O9Si2. The van der Waals surface area contributed by atoms with E-state index in [0.717, 1.165) is 0 Å². The summed E-state index contributed by atoms with van der Waals surface area (Å²) in [5.41, 5.74) is 2.07. The van der Waals surface area contributed by atoms with Gasteiger partial charge in [-0.1, -0.05) is 83.1 Å². The Hall–Kier alpha value is -0.346. The van der Waals surface area contributed by atoms with Crippen LogP contribution in [0.3, 0.4) is 0 Å². The topological polar surface area (TPSA) is 127 Å². The van der Waals surface area contributed by atoms with Gasteiger partial charge in [-0.05, 0) is 39.3 Å². The van der Waals surface area contributed by atoms with Gasteiger partial charge in [0.25, 0.3) is 0 Å². The van der Waals surface area contributed by atoms with E-state index in [1.165, 1.54) is 12.3 Å². The molecule has 2 rings (SSSR count). The zero-order valence-corrected chi connectivity index (χ0v) is 29.5. The molecule has 1 saturated heterocycles. The standard InChI is InChI=1S/C30H60O9Si2/c1-17(2)40(18(3)4,19(5)6)36-15-24-26(32)27(33)28(34)30(38-24)39-29-23(31)13-14-35-25(29)16-37-41(20(7)8,21(9)10)22(11)12/h13-14,17-34H,15-16H2,1-12H3/t23-,24-,25-,26+,27+,28-,29+,30+/m1/s1. The third-order valence-corrected chi connectivity index (χ3v) is 21.8. The summed E-state index contributed by atoms with van der Waals surface area (Å²) in [6, 6.07) is 0. The highest BCUT2D eigenvalue weighted by molar-refractivity contribution is 6.78. The lowest BCUT2D eigenvalue weighted by Crippen LogP contribution is -2.62. The van der Waals surface area contributed by atoms with E-state index in [4.69, 9.17) is 23.1 Å². The Labute approximate surface area is 250 Å². The molecule has 0 bridgehead atoms. The van der Waals surface area contributed by atoms with Crippen molar-refractivity contribution in [2.24, 2.45) is 0 Å². The van der Waals surface area contributed by atoms with Crippen molar-refractivity contribution >= 4 is 16.6 Å². The summed E-state index contributed by atoms with van der Waals surface area (Å²) in [7, 11) is -4.51. The maximum absolute atomic E-state index is 10.9. The van der Waals surface area contributed by atoms with Crippen LogP contribution in [0.15, 0.2) is 12.3 Å². The van der Waals surface area contributed by atoms with E-state index in [-0.39, 0.29) is 13.2 Å². The quantitative estimate of drug-likeness (QED) is 0.202. The lowest BCUT2D eigenvalue weighted by molar-refractivity contribution is -0.323. The van der Waals surface area contributed by atoms with Gasteiger partial charge < -0.3 is 43.5 Å². The van der Waals surface area contributed by atoms with Crippen molar-refractivity contribution in [3.63, 3.8) is 0 Å². The molecule has 1 fully saturated rings. The molecule has 2 heterocycles. The molecule has 8 atom stereocenters. The number of ether oxygens (including phenoxy) is 3. The average Bonchev–Trinajstić information content (AvgIpc) is 2.86. The van der Waals surface area contributed by atoms with Crippen LogP contribution in [-0.4, -0.2) is 99.3 Å². The molecule has 242 valence electrons. The molecule has 0 aromatic heterocycles. The van der Waals surface area contributed by atoms with Crippen LogP contribution >= 0.6 is 0 Å². The molecule has 0 unspecified atom stereocenters. The van der Waals surface area contributed by atoms with Crippen molar-refractivity contribution in [2.45, 2.75) is 165 Å². The predicted octanol–water partition coefficient (Wildman–Crippen LogP) is 4.84. The monoisotopic (exact) mass is 620 g/mol. The first-order valence-electron chi connectivity index (χ1n) is 15.6. The fraction of sp³-hybridized carbons (Fsp3) is 0.933. The summed E-state index contributed by atoms with van der Waals surface area (Å²) < 4.78 is 31.5. The minimum absolute atomic E-state index is 0.0625. The van der Waals surface area contributed by atoms with E-state index in [1.54, 1.807) is 0 Å². The van der Waals surface area contributed by atoms with Crippen molar-refractivity contribution in [3.8, 4) is 0 Å². The second kappa shape index (κ2) is 15.1. The first-order valence-corrected chi connectivity index (χ1v) is 19.9. The molecule has 0 amide bonds. The highest BCUT2D eigenvalue weighted by atomic mass is 28.4. The van der Waals surface area contributed by atoms with Gasteiger partial charge in [-0.2, -0.15) is 0 Å². The number of aliphatic hydroxyl groups excluding tert-OH is 4. The Kier molecular flexibility index (Phi) is 13.6. The zero-order chi connectivity index (χ0) is 31.4. The molecule has 41 heavy (non-hydrogen) atoms. The fourth-order valence-corrected chi connectivity index (χ4v) is 18.6. The first kappa shape index (κ1) is 36.8. The highest BCUT2D eigenvalue weighted by Gasteiger charge is 2.51. The SMILES string of the molecule is CC(C)[Si](OC[C@H]1O[C@@H](O[C@H]2[C@H](O)C=CO[C@@H]2CO[Si](C(C)C)(C(C)C)C(C)C)[C@H](O)[C@@H](O)[C@H]1O)(C(C)C)C(C)C. The molecular weight excluding hydrogens is 560 g/mol. The molecule has 11 heteroatoms. The molecule has 0 aromatic rings. The van der Waals surface area contributed by atoms with Crippen molar-refractivity contribution in [1.82, 2.24) is 0 Å². The van der Waals surface area contributed by atoms with E-state index >= 15 is 0 Å². The maximum atomic E-state index is 10.9. The lowest BCUT2D eigenvalue weighted by Gasteiger charge is -2.47. The molecule has 2 aliphatic heterocycles. The van der Waals surface area contributed by atoms with Crippen LogP contribution in [0.4, 0.5) is 0 Å². The Morgan fingerprint density at radius 1 is 0.610 bits per heavy atom. The van der Waals surface area contributed by atoms with E-state index in [0.29, 0.717) is 33.2 Å². The first-order chi connectivity index (χ1) is 18.9. The van der Waals surface area contributed by atoms with Gasteiger partial charge in [0, 0.05) is 0 Å². The van der Waals surface area contributed by atoms with Crippen molar-refractivity contribution in [1.29, 1.82) is 0 Å². The molecule has 0 saturated carbocycles. The van der Waals surface area contributed by atoms with Crippen LogP contribution in [0, 0.1) is 0 Å². The summed E-state index contributed by atoms with van der Waals surface area (Å²) in [4.78, 5) is 0. The smallest absolute Gasteiger partial charge is 0.200 e. The summed E-state index contributed by atoms with van der Waals surface area (Å²) in [6.45, 7) is 26.5. The third-order valence-electron chi connectivity index (χ3n) is 9.60. The number of hydrogen-bond donors (Lipinski definition) is 4. The summed E-state index contributed by atoms with van der Waals surface area (Å²) in [5, 5.41) is 43.3. The van der Waals surface area contributed by atoms with Crippen LogP contribution in [-0.2, 0) is 23.1 Å². The summed E-state index contributed by atoms with van der Waals surface area (Å²) in [6.07, 6.45) is -6.31. The second-order valence-electron chi connectivity index (χ2n) is 13.9. The second-order valence-corrected chi connectivity index (χ2v) is 24.8. The fourth-order valence-electron chi connectivity index (χ4n) is 7.71. The number of aliphatic hydroxyl groups is 4. The van der Waals surface area contributed by atoms with Crippen LogP contribution in [0.25, 0.3) is 0 Å². The lowest BCUT2D eigenvalue weighted by atomic mass is 9.99. The zero-order valence-electron chi connectivity index (χ0n) is 27.5. The summed E-state index contributed by atoms with van der Waals surface area (Å²) in [5.74, 6) is 0. The van der Waals surface area contributed by atoms with E-state index in [9.17, 15) is 20.4 Å². The number of hydrogen-bond acceptors (Lipinski definition) is 9. The van der Waals surface area contributed by atoms with Crippen LogP contribution in [0.1, 0.15) is 83.1 Å². The molecule has 0 spiro atoms. The minimum Gasteiger partial charge on any atom is -0.493 e. The van der Waals surface area contributed by atoms with Gasteiger partial charge in [0.1, 0.15) is 42.7 Å². The molecule has 2 aliphatic rings. The molecule has 9 nitrogen and oxygen atoms in total. The van der Waals surface area contributed by atoms with Gasteiger partial charge in [-0.15, -0.1) is 0 Å². The Morgan fingerprint density at radius 2 is 1.02 bits per heavy atom. The Bertz CT molecular complexity index is 776. The van der Waals surface area contributed by atoms with E-state index in [2.05, 4.69) is 83.1 Å². The van der Waals surface area contributed by atoms with Gasteiger partial charge in [-0.25, -0.2) is 0 Å².